The molecule has 0 aliphatic rings. The summed E-state index contributed by atoms with van der Waals surface area (Å²) in [6.07, 6.45) is 1.40. The Morgan fingerprint density at radius 2 is 2.10 bits per heavy atom. The van der Waals surface area contributed by atoms with E-state index in [1.54, 1.807) is 30.3 Å². The number of ether oxygens (including phenoxy) is 1. The summed E-state index contributed by atoms with van der Waals surface area (Å²) < 4.78 is 18.0. The maximum absolute atomic E-state index is 12.7. The van der Waals surface area contributed by atoms with Crippen LogP contribution in [-0.4, -0.2) is 18.7 Å². The lowest BCUT2D eigenvalue weighted by Crippen LogP contribution is -2.17. The number of carbonyl (C=O) groups is 1. The molecule has 0 saturated carbocycles. The van der Waals surface area contributed by atoms with Gasteiger partial charge in [-0.2, -0.15) is 9.49 Å². The summed E-state index contributed by atoms with van der Waals surface area (Å²) in [6.45, 7) is 2.47. The summed E-state index contributed by atoms with van der Waals surface area (Å²) in [5, 5.41) is 3.49. The molecule has 6 heteroatoms. The van der Waals surface area contributed by atoms with Crippen molar-refractivity contribution in [2.45, 2.75) is 6.92 Å². The third-order valence-corrected chi connectivity index (χ3v) is 3.19. The minimum Gasteiger partial charge on any atom is -0.494 e. The highest BCUT2D eigenvalue weighted by molar-refractivity contribution is 7.12. The van der Waals surface area contributed by atoms with Crippen LogP contribution in [0.2, 0.25) is 0 Å². The molecular weight excluding hydrogens is 279 g/mol. The van der Waals surface area contributed by atoms with E-state index < -0.39 is 0 Å². The Bertz CT molecular complexity index is 608. The van der Waals surface area contributed by atoms with Crippen LogP contribution in [0.1, 0.15) is 22.2 Å². The van der Waals surface area contributed by atoms with E-state index in [1.165, 1.54) is 12.3 Å². The maximum atomic E-state index is 12.7. The van der Waals surface area contributed by atoms with Crippen LogP contribution in [0.15, 0.2) is 41.5 Å². The normalized spacial score (nSPS) is 10.7. The molecule has 0 bridgehead atoms. The predicted molar refractivity (Wildman–Crippen MR) is 76.9 cm³/mol. The highest BCUT2D eigenvalue weighted by atomic mass is 32.1. The minimum absolute atomic E-state index is 0.288. The van der Waals surface area contributed by atoms with E-state index in [9.17, 15) is 9.18 Å². The second-order valence-electron chi connectivity index (χ2n) is 3.80. The van der Waals surface area contributed by atoms with Gasteiger partial charge in [-0.05, 0) is 43.3 Å². The number of carbonyl (C=O) groups excluding carboxylic acids is 1. The fourth-order valence-corrected chi connectivity index (χ4v) is 2.09. The Labute approximate surface area is 119 Å². The molecular formula is C14H13FN2O2S. The van der Waals surface area contributed by atoms with Crippen molar-refractivity contribution in [1.82, 2.24) is 5.43 Å². The molecule has 2 rings (SSSR count). The molecule has 2 aromatic rings. The first-order valence-electron chi connectivity index (χ1n) is 6.00. The van der Waals surface area contributed by atoms with Crippen LogP contribution in [0.5, 0.6) is 5.75 Å². The van der Waals surface area contributed by atoms with Gasteiger partial charge in [-0.15, -0.1) is 11.3 Å². The van der Waals surface area contributed by atoms with Crippen LogP contribution >= 0.6 is 11.3 Å². The molecule has 1 aromatic heterocycles. The summed E-state index contributed by atoms with van der Waals surface area (Å²) in [5.41, 5.74) is 2.86. The first-order valence-corrected chi connectivity index (χ1v) is 6.82. The zero-order valence-electron chi connectivity index (χ0n) is 10.8. The van der Waals surface area contributed by atoms with E-state index in [0.717, 1.165) is 11.3 Å². The quantitative estimate of drug-likeness (QED) is 0.680. The van der Waals surface area contributed by atoms with Gasteiger partial charge < -0.3 is 4.74 Å². The van der Waals surface area contributed by atoms with Crippen molar-refractivity contribution < 1.29 is 13.9 Å². The highest BCUT2D eigenvalue weighted by Gasteiger charge is 2.04. The predicted octanol–water partition coefficient (Wildman–Crippen LogP) is 3.05. The van der Waals surface area contributed by atoms with Crippen molar-refractivity contribution in [2.75, 3.05) is 6.61 Å². The van der Waals surface area contributed by atoms with Crippen LogP contribution in [-0.2, 0) is 0 Å². The lowest BCUT2D eigenvalue weighted by molar-refractivity contribution is 0.0955. The van der Waals surface area contributed by atoms with E-state index in [4.69, 9.17) is 4.74 Å². The molecule has 1 amide bonds. The number of hydrogen-bond donors (Lipinski definition) is 1. The number of nitrogens with one attached hydrogen (secondary N) is 1. The summed E-state index contributed by atoms with van der Waals surface area (Å²) in [4.78, 5) is 12.4. The molecule has 0 aliphatic heterocycles. The maximum Gasteiger partial charge on any atom is 0.271 e. The van der Waals surface area contributed by atoms with Gasteiger partial charge in [-0.3, -0.25) is 4.79 Å². The van der Waals surface area contributed by atoms with Crippen molar-refractivity contribution in [3.05, 3.63) is 52.0 Å². The summed E-state index contributed by atoms with van der Waals surface area (Å²) >= 11 is 0.959. The SMILES string of the molecule is CCOc1ccc(C(=O)N/N=C\c2ccc(F)s2)cc1. The molecule has 1 heterocycles. The molecule has 1 N–H and O–H groups in total. The standard InChI is InChI=1S/C14H13FN2O2S/c1-2-19-11-5-3-10(4-6-11)14(18)17-16-9-12-7-8-13(15)20-12/h3-9H,2H2,1H3,(H,17,18)/b16-9-. The second-order valence-corrected chi connectivity index (χ2v) is 4.86. The molecule has 0 saturated heterocycles. The number of amides is 1. The molecule has 0 unspecified atom stereocenters. The third kappa shape index (κ3) is 3.89. The number of thiophene rings is 1. The molecule has 0 aliphatic carbocycles. The van der Waals surface area contributed by atoms with Gasteiger partial charge in [0, 0.05) is 5.56 Å². The van der Waals surface area contributed by atoms with E-state index in [-0.39, 0.29) is 11.0 Å². The minimum atomic E-state index is -0.332. The fraction of sp³-hybridized carbons (Fsp3) is 0.143. The molecule has 1 aromatic carbocycles. The van der Waals surface area contributed by atoms with Gasteiger partial charge in [-0.1, -0.05) is 0 Å². The Balaban J connectivity index is 1.92. The molecule has 4 nitrogen and oxygen atoms in total. The van der Waals surface area contributed by atoms with Gasteiger partial charge in [-0.25, -0.2) is 5.43 Å². The molecule has 104 valence electrons. The topological polar surface area (TPSA) is 50.7 Å². The first kappa shape index (κ1) is 14.2. The Hall–Kier alpha value is -2.21. The van der Waals surface area contributed by atoms with Gasteiger partial charge in [0.05, 0.1) is 17.7 Å². The monoisotopic (exact) mass is 292 g/mol. The summed E-state index contributed by atoms with van der Waals surface area (Å²) in [6, 6.07) is 9.68. The molecule has 0 atom stereocenters. The van der Waals surface area contributed by atoms with Crippen molar-refractivity contribution in [3.8, 4) is 5.75 Å². The molecule has 0 radical (unpaired) electrons. The zero-order valence-corrected chi connectivity index (χ0v) is 11.6. The number of nitrogens with zero attached hydrogens (tertiary/aromatic N) is 1. The Morgan fingerprint density at radius 1 is 1.35 bits per heavy atom. The smallest absolute Gasteiger partial charge is 0.271 e. The second kappa shape index (κ2) is 6.81. The average Bonchev–Trinajstić information content (AvgIpc) is 2.85. The molecule has 0 fully saturated rings. The van der Waals surface area contributed by atoms with E-state index >= 15 is 0 Å². The lowest BCUT2D eigenvalue weighted by atomic mass is 10.2. The molecule has 0 spiro atoms. The van der Waals surface area contributed by atoms with Crippen LogP contribution in [0, 0.1) is 5.13 Å². The van der Waals surface area contributed by atoms with E-state index in [2.05, 4.69) is 10.5 Å². The lowest BCUT2D eigenvalue weighted by Gasteiger charge is -2.03. The average molecular weight is 292 g/mol. The zero-order chi connectivity index (χ0) is 14.4. The van der Waals surface area contributed by atoms with Crippen molar-refractivity contribution in [2.24, 2.45) is 5.10 Å². The van der Waals surface area contributed by atoms with Crippen LogP contribution in [0.3, 0.4) is 0 Å². The van der Waals surface area contributed by atoms with Gasteiger partial charge in [0.1, 0.15) is 5.75 Å². The first-order chi connectivity index (χ1) is 9.69. The van der Waals surface area contributed by atoms with E-state index in [0.29, 0.717) is 22.8 Å². The van der Waals surface area contributed by atoms with Crippen LogP contribution in [0.4, 0.5) is 4.39 Å². The number of halogens is 1. The van der Waals surface area contributed by atoms with Crippen molar-refractivity contribution in [1.29, 1.82) is 0 Å². The van der Waals surface area contributed by atoms with E-state index in [1.807, 2.05) is 6.92 Å². The Morgan fingerprint density at radius 3 is 2.70 bits per heavy atom. The number of rotatable bonds is 5. The molecule has 20 heavy (non-hydrogen) atoms. The summed E-state index contributed by atoms with van der Waals surface area (Å²) in [5.74, 6) is 0.378. The third-order valence-electron chi connectivity index (χ3n) is 2.38. The fourth-order valence-electron chi connectivity index (χ4n) is 1.49. The number of hydrogen-bond acceptors (Lipinski definition) is 4. The largest absolute Gasteiger partial charge is 0.494 e. The number of benzene rings is 1. The van der Waals surface area contributed by atoms with Crippen molar-refractivity contribution in [3.63, 3.8) is 0 Å². The highest BCUT2D eigenvalue weighted by Crippen LogP contribution is 2.13. The van der Waals surface area contributed by atoms with Gasteiger partial charge in [0.15, 0.2) is 5.13 Å². The summed E-state index contributed by atoms with van der Waals surface area (Å²) in [7, 11) is 0. The van der Waals surface area contributed by atoms with Gasteiger partial charge >= 0.3 is 0 Å². The van der Waals surface area contributed by atoms with Crippen LogP contribution < -0.4 is 10.2 Å². The van der Waals surface area contributed by atoms with Gasteiger partial charge in [0.25, 0.3) is 5.91 Å². The van der Waals surface area contributed by atoms with Gasteiger partial charge in [0.2, 0.25) is 0 Å². The van der Waals surface area contributed by atoms with Crippen LogP contribution in [0.25, 0.3) is 0 Å². The number of hydrazone groups is 1. The Kier molecular flexibility index (Phi) is 4.84. The van der Waals surface area contributed by atoms with Crippen molar-refractivity contribution >= 4 is 23.5 Å².